The lowest BCUT2D eigenvalue weighted by atomic mass is 9.93. The van der Waals surface area contributed by atoms with Gasteiger partial charge in [-0.3, -0.25) is 4.40 Å². The maximum atomic E-state index is 4.53. The lowest BCUT2D eigenvalue weighted by Gasteiger charge is -2.15. The number of fused-ring (bicyclic) bond motifs is 1. The van der Waals surface area contributed by atoms with E-state index in [1.807, 2.05) is 23.7 Å². The summed E-state index contributed by atoms with van der Waals surface area (Å²) in [5.41, 5.74) is 2.20. The number of rotatable bonds is 0. The van der Waals surface area contributed by atoms with Crippen molar-refractivity contribution >= 4 is 21.7 Å². The molecule has 0 radical (unpaired) electrons. The molecule has 3 nitrogen and oxygen atoms in total. The van der Waals surface area contributed by atoms with Crippen molar-refractivity contribution in [3.63, 3.8) is 0 Å². The highest BCUT2D eigenvalue weighted by atomic mass is 79.9. The van der Waals surface area contributed by atoms with E-state index in [2.05, 4.69) is 46.7 Å². The van der Waals surface area contributed by atoms with E-state index in [0.717, 1.165) is 21.6 Å². The highest BCUT2D eigenvalue weighted by Crippen LogP contribution is 2.29. The predicted molar refractivity (Wildman–Crippen MR) is 64.1 cm³/mol. The van der Waals surface area contributed by atoms with E-state index in [-0.39, 0.29) is 5.41 Å². The van der Waals surface area contributed by atoms with Crippen LogP contribution in [0.3, 0.4) is 0 Å². The standard InChI is InChI=1S/C11H14BrN3/c1-7-5-13-10-14-8(11(2,3)4)9(12)15(10)6-7/h5-6H,1-4H3. The Bertz CT molecular complexity index is 508. The van der Waals surface area contributed by atoms with Gasteiger partial charge in [-0.1, -0.05) is 20.8 Å². The molecule has 0 saturated heterocycles. The summed E-state index contributed by atoms with van der Waals surface area (Å²) in [5, 5.41) is 0. The first-order chi connectivity index (χ1) is 6.89. The van der Waals surface area contributed by atoms with Gasteiger partial charge in [0.1, 0.15) is 4.60 Å². The van der Waals surface area contributed by atoms with Crippen LogP contribution in [-0.4, -0.2) is 14.4 Å². The first-order valence-electron chi connectivity index (χ1n) is 4.90. The molecule has 0 aromatic carbocycles. The first kappa shape index (κ1) is 10.6. The van der Waals surface area contributed by atoms with Crippen molar-refractivity contribution in [2.75, 3.05) is 0 Å². The minimum absolute atomic E-state index is 0.0282. The Morgan fingerprint density at radius 2 is 2.00 bits per heavy atom. The Morgan fingerprint density at radius 3 is 2.60 bits per heavy atom. The van der Waals surface area contributed by atoms with E-state index < -0.39 is 0 Å². The zero-order chi connectivity index (χ0) is 11.2. The summed E-state index contributed by atoms with van der Waals surface area (Å²) in [6.45, 7) is 8.46. The second-order valence-corrected chi connectivity index (χ2v) is 5.55. The number of imidazole rings is 1. The lowest BCUT2D eigenvalue weighted by Crippen LogP contribution is -2.12. The van der Waals surface area contributed by atoms with Crippen LogP contribution in [0, 0.1) is 6.92 Å². The van der Waals surface area contributed by atoms with Crippen LogP contribution in [0.4, 0.5) is 0 Å². The average molecular weight is 268 g/mol. The van der Waals surface area contributed by atoms with E-state index in [9.17, 15) is 0 Å². The molecule has 2 aromatic rings. The van der Waals surface area contributed by atoms with Gasteiger partial charge in [0.2, 0.25) is 5.78 Å². The number of nitrogens with zero attached hydrogens (tertiary/aromatic N) is 3. The maximum Gasteiger partial charge on any atom is 0.234 e. The minimum Gasteiger partial charge on any atom is -0.277 e. The van der Waals surface area contributed by atoms with Crippen LogP contribution in [0.2, 0.25) is 0 Å². The van der Waals surface area contributed by atoms with Crippen LogP contribution in [0.1, 0.15) is 32.0 Å². The molecule has 0 aliphatic heterocycles. The second kappa shape index (κ2) is 3.30. The number of aryl methyl sites for hydroxylation is 1. The van der Waals surface area contributed by atoms with Gasteiger partial charge in [-0.2, -0.15) is 0 Å². The summed E-state index contributed by atoms with van der Waals surface area (Å²) in [5.74, 6) is 0.748. The molecule has 4 heteroatoms. The Balaban J connectivity index is 2.76. The molecule has 0 aliphatic carbocycles. The summed E-state index contributed by atoms with van der Waals surface area (Å²) in [6.07, 6.45) is 3.87. The van der Waals surface area contributed by atoms with Crippen molar-refractivity contribution in [2.45, 2.75) is 33.1 Å². The van der Waals surface area contributed by atoms with Gasteiger partial charge in [-0.15, -0.1) is 0 Å². The van der Waals surface area contributed by atoms with Crippen LogP contribution < -0.4 is 0 Å². The van der Waals surface area contributed by atoms with Crippen molar-refractivity contribution in [3.8, 4) is 0 Å². The number of hydrogen-bond donors (Lipinski definition) is 0. The summed E-state index contributed by atoms with van der Waals surface area (Å²) < 4.78 is 2.98. The van der Waals surface area contributed by atoms with Crippen LogP contribution in [-0.2, 0) is 5.41 Å². The molecule has 2 aromatic heterocycles. The van der Waals surface area contributed by atoms with Crippen LogP contribution in [0.15, 0.2) is 17.0 Å². The summed E-state index contributed by atoms with van der Waals surface area (Å²) >= 11 is 3.58. The zero-order valence-electron chi connectivity index (χ0n) is 9.37. The molecule has 2 rings (SSSR count). The van der Waals surface area contributed by atoms with E-state index in [1.54, 1.807) is 0 Å². The molecular formula is C11H14BrN3. The fraction of sp³-hybridized carbons (Fsp3) is 0.455. The molecule has 0 N–H and O–H groups in total. The third-order valence-corrected chi connectivity index (χ3v) is 3.02. The Labute approximate surface area is 97.7 Å². The lowest BCUT2D eigenvalue weighted by molar-refractivity contribution is 0.569. The predicted octanol–water partition coefficient (Wildman–Crippen LogP) is 3.10. The minimum atomic E-state index is 0.0282. The van der Waals surface area contributed by atoms with Gasteiger partial charge in [-0.05, 0) is 28.4 Å². The Kier molecular flexibility index (Phi) is 2.34. The van der Waals surface area contributed by atoms with Gasteiger partial charge in [-0.25, -0.2) is 9.97 Å². The van der Waals surface area contributed by atoms with Crippen molar-refractivity contribution in [1.29, 1.82) is 0 Å². The van der Waals surface area contributed by atoms with Crippen LogP contribution >= 0.6 is 15.9 Å². The Hall–Kier alpha value is -0.900. The van der Waals surface area contributed by atoms with Gasteiger partial charge >= 0.3 is 0 Å². The summed E-state index contributed by atoms with van der Waals surface area (Å²) in [4.78, 5) is 8.83. The molecule has 0 amide bonds. The van der Waals surface area contributed by atoms with Crippen LogP contribution in [0.5, 0.6) is 0 Å². The van der Waals surface area contributed by atoms with Gasteiger partial charge in [0.25, 0.3) is 0 Å². The monoisotopic (exact) mass is 267 g/mol. The normalized spacial score (nSPS) is 12.3. The fourth-order valence-electron chi connectivity index (χ4n) is 1.48. The third-order valence-electron chi connectivity index (χ3n) is 2.26. The Morgan fingerprint density at radius 1 is 1.33 bits per heavy atom. The largest absolute Gasteiger partial charge is 0.277 e. The van der Waals surface area contributed by atoms with Gasteiger partial charge in [0, 0.05) is 17.8 Å². The molecule has 0 fully saturated rings. The van der Waals surface area contributed by atoms with Crippen molar-refractivity contribution in [3.05, 3.63) is 28.3 Å². The van der Waals surface area contributed by atoms with Crippen LogP contribution in [0.25, 0.3) is 5.78 Å². The number of aromatic nitrogens is 3. The average Bonchev–Trinajstić information content (AvgIpc) is 2.43. The second-order valence-electron chi connectivity index (χ2n) is 4.80. The molecule has 0 spiro atoms. The van der Waals surface area contributed by atoms with E-state index >= 15 is 0 Å². The van der Waals surface area contributed by atoms with Crippen molar-refractivity contribution in [1.82, 2.24) is 14.4 Å². The maximum absolute atomic E-state index is 4.53. The molecule has 0 bridgehead atoms. The SMILES string of the molecule is Cc1cnc2nc(C(C)(C)C)c(Br)n2c1. The van der Waals surface area contributed by atoms with E-state index in [1.165, 1.54) is 0 Å². The van der Waals surface area contributed by atoms with E-state index in [4.69, 9.17) is 0 Å². The highest BCUT2D eigenvalue weighted by molar-refractivity contribution is 9.10. The molecule has 0 saturated carbocycles. The summed E-state index contributed by atoms with van der Waals surface area (Å²) in [6, 6.07) is 0. The quantitative estimate of drug-likeness (QED) is 0.735. The first-order valence-corrected chi connectivity index (χ1v) is 5.69. The molecule has 0 unspecified atom stereocenters. The van der Waals surface area contributed by atoms with E-state index in [0.29, 0.717) is 0 Å². The molecule has 80 valence electrons. The highest BCUT2D eigenvalue weighted by Gasteiger charge is 2.22. The topological polar surface area (TPSA) is 30.2 Å². The van der Waals surface area contributed by atoms with Gasteiger partial charge in [0.05, 0.1) is 5.69 Å². The molecule has 15 heavy (non-hydrogen) atoms. The number of hydrogen-bond acceptors (Lipinski definition) is 2. The zero-order valence-corrected chi connectivity index (χ0v) is 11.0. The smallest absolute Gasteiger partial charge is 0.234 e. The van der Waals surface area contributed by atoms with Crippen molar-refractivity contribution in [2.24, 2.45) is 0 Å². The molecule has 0 aliphatic rings. The third kappa shape index (κ3) is 1.78. The molecule has 2 heterocycles. The molecular weight excluding hydrogens is 254 g/mol. The summed E-state index contributed by atoms with van der Waals surface area (Å²) in [7, 11) is 0. The number of halogens is 1. The molecule has 0 atom stereocenters. The van der Waals surface area contributed by atoms with Gasteiger partial charge < -0.3 is 0 Å². The van der Waals surface area contributed by atoms with Crippen molar-refractivity contribution < 1.29 is 0 Å². The fourth-order valence-corrected chi connectivity index (χ4v) is 2.43. The van der Waals surface area contributed by atoms with Gasteiger partial charge in [0.15, 0.2) is 0 Å².